The monoisotopic (exact) mass is 809 g/mol. The number of aryl methyl sites for hydroxylation is 2. The fourth-order valence-electron chi connectivity index (χ4n) is 9.17. The molecular formula is C41H52ClN5O8S. The molecule has 5 atom stereocenters. The molecule has 4 amide bonds. The topological polar surface area (TPSA) is 173 Å². The smallest absolute Gasteiger partial charge is 0.408 e. The molecule has 1 aromatic carbocycles. The Labute approximate surface area is 333 Å². The summed E-state index contributed by atoms with van der Waals surface area (Å²) in [6, 6.07) is 3.50. The van der Waals surface area contributed by atoms with Gasteiger partial charge < -0.3 is 25.0 Å². The number of nitrogens with zero attached hydrogens (tertiary/aromatic N) is 2. The van der Waals surface area contributed by atoms with Crippen molar-refractivity contribution in [2.45, 2.75) is 151 Å². The van der Waals surface area contributed by atoms with Crippen LogP contribution in [0.25, 0.3) is 10.9 Å². The summed E-state index contributed by atoms with van der Waals surface area (Å²) in [7, 11) is -3.98. The van der Waals surface area contributed by atoms with Gasteiger partial charge in [0.2, 0.25) is 21.8 Å². The first kappa shape index (κ1) is 38.9. The van der Waals surface area contributed by atoms with Gasteiger partial charge in [0, 0.05) is 28.3 Å². The number of sulfonamides is 1. The van der Waals surface area contributed by atoms with Crippen LogP contribution in [0.2, 0.25) is 5.02 Å². The van der Waals surface area contributed by atoms with Crippen molar-refractivity contribution in [3.63, 3.8) is 0 Å². The number of ether oxygens (including phenoxy) is 2. The minimum Gasteiger partial charge on any atom is -0.483 e. The molecule has 13 nitrogen and oxygen atoms in total. The van der Waals surface area contributed by atoms with E-state index < -0.39 is 67.7 Å². The SMILES string of the molecule is Cc1nc2ccc(Cl)cc2c2c1O[C@]1(CC2)C[C@H]2C(=O)N[C@]3(C(=O)NS(=O)(=O)C4(C)CC4)CC3/C=C\CCCCC[C@H](NC(=O)OC3CCCCC3)C(=O)N2C1. The molecule has 0 radical (unpaired) electrons. The third-order valence-corrected chi connectivity index (χ3v) is 15.4. The zero-order valence-electron chi connectivity index (χ0n) is 32.2. The fraction of sp³-hybridized carbons (Fsp3) is 0.634. The van der Waals surface area contributed by atoms with Crippen LogP contribution in [-0.4, -0.2) is 82.7 Å². The van der Waals surface area contributed by atoms with E-state index in [1.165, 1.54) is 4.90 Å². The molecule has 3 N–H and O–H groups in total. The number of carbonyl (C=O) groups is 4. The lowest BCUT2D eigenvalue weighted by Gasteiger charge is -2.36. The van der Waals surface area contributed by atoms with Crippen LogP contribution < -0.4 is 20.1 Å². The number of halogens is 1. The number of fused-ring (bicyclic) bond motifs is 5. The van der Waals surface area contributed by atoms with Crippen molar-refractivity contribution in [1.29, 1.82) is 0 Å². The van der Waals surface area contributed by atoms with E-state index >= 15 is 0 Å². The zero-order chi connectivity index (χ0) is 39.5. The Morgan fingerprint density at radius 1 is 1.04 bits per heavy atom. The Kier molecular flexibility index (Phi) is 10.3. The Morgan fingerprint density at radius 2 is 1.79 bits per heavy atom. The highest BCUT2D eigenvalue weighted by molar-refractivity contribution is 7.91. The highest BCUT2D eigenvalue weighted by atomic mass is 35.5. The molecule has 4 fully saturated rings. The first-order valence-electron chi connectivity index (χ1n) is 20.3. The quantitative estimate of drug-likeness (QED) is 0.321. The first-order valence-corrected chi connectivity index (χ1v) is 22.2. The summed E-state index contributed by atoms with van der Waals surface area (Å²) in [5, 5.41) is 7.29. The summed E-state index contributed by atoms with van der Waals surface area (Å²) >= 11 is 6.40. The van der Waals surface area contributed by atoms with Gasteiger partial charge in [0.15, 0.2) is 0 Å². The number of hydrogen-bond donors (Lipinski definition) is 3. The molecule has 1 spiro atoms. The van der Waals surface area contributed by atoms with Crippen molar-refractivity contribution in [3.05, 3.63) is 46.6 Å². The van der Waals surface area contributed by atoms with E-state index in [-0.39, 0.29) is 25.5 Å². The second-order valence-electron chi connectivity index (χ2n) is 17.2. The largest absolute Gasteiger partial charge is 0.483 e. The van der Waals surface area contributed by atoms with E-state index in [0.29, 0.717) is 61.4 Å². The number of pyridine rings is 1. The summed E-state index contributed by atoms with van der Waals surface area (Å²) in [5.74, 6) is -1.61. The normalized spacial score (nSPS) is 31.1. The van der Waals surface area contributed by atoms with Crippen LogP contribution in [-0.2, 0) is 35.6 Å². The maximum Gasteiger partial charge on any atom is 0.408 e. The van der Waals surface area contributed by atoms with Crippen LogP contribution in [0.1, 0.15) is 114 Å². The first-order chi connectivity index (χ1) is 26.7. The second-order valence-corrected chi connectivity index (χ2v) is 19.9. The van der Waals surface area contributed by atoms with Gasteiger partial charge in [0.05, 0.1) is 22.5 Å². The third-order valence-electron chi connectivity index (χ3n) is 13.1. The molecule has 4 heterocycles. The molecule has 56 heavy (non-hydrogen) atoms. The van der Waals surface area contributed by atoms with Gasteiger partial charge in [-0.3, -0.25) is 19.1 Å². The highest BCUT2D eigenvalue weighted by Gasteiger charge is 2.64. The summed E-state index contributed by atoms with van der Waals surface area (Å²) in [6.07, 6.45) is 13.2. The molecule has 3 aliphatic carbocycles. The lowest BCUT2D eigenvalue weighted by atomic mass is 9.87. The molecule has 2 aromatic rings. The van der Waals surface area contributed by atoms with Crippen LogP contribution >= 0.6 is 11.6 Å². The average molecular weight is 810 g/mol. The number of allylic oxidation sites excluding steroid dienone is 1. The highest BCUT2D eigenvalue weighted by Crippen LogP contribution is 2.49. The van der Waals surface area contributed by atoms with Crippen molar-refractivity contribution in [2.24, 2.45) is 5.92 Å². The number of hydrogen-bond acceptors (Lipinski definition) is 9. The van der Waals surface area contributed by atoms with Crippen LogP contribution in [0.4, 0.5) is 4.79 Å². The second kappa shape index (κ2) is 14.8. The summed E-state index contributed by atoms with van der Waals surface area (Å²) in [5.41, 5.74) is -0.0595. The average Bonchev–Trinajstić information content (AvgIpc) is 4.06. The van der Waals surface area contributed by atoms with Crippen molar-refractivity contribution >= 4 is 56.3 Å². The maximum atomic E-state index is 14.8. The van der Waals surface area contributed by atoms with Gasteiger partial charge in [-0.25, -0.2) is 18.2 Å². The van der Waals surface area contributed by atoms with Crippen molar-refractivity contribution in [3.8, 4) is 5.75 Å². The number of rotatable bonds is 5. The summed E-state index contributed by atoms with van der Waals surface area (Å²) in [6.45, 7) is 3.53. The van der Waals surface area contributed by atoms with Gasteiger partial charge in [-0.15, -0.1) is 0 Å². The van der Waals surface area contributed by atoms with Crippen LogP contribution in [0.5, 0.6) is 5.75 Å². The fourth-order valence-corrected chi connectivity index (χ4v) is 10.7. The Hall–Kier alpha value is -3.91. The Morgan fingerprint density at radius 3 is 2.55 bits per heavy atom. The summed E-state index contributed by atoms with van der Waals surface area (Å²) in [4.78, 5) is 63.1. The van der Waals surface area contributed by atoms with E-state index in [4.69, 9.17) is 26.1 Å². The Balaban J connectivity index is 1.12. The van der Waals surface area contributed by atoms with Crippen LogP contribution in [0.15, 0.2) is 30.4 Å². The number of alkyl carbamates (subject to hydrolysis) is 1. The molecule has 15 heteroatoms. The number of aromatic nitrogens is 1. The van der Waals surface area contributed by atoms with E-state index in [9.17, 15) is 27.6 Å². The molecule has 302 valence electrons. The zero-order valence-corrected chi connectivity index (χ0v) is 33.7. The molecule has 3 aliphatic heterocycles. The van der Waals surface area contributed by atoms with E-state index in [1.54, 1.807) is 13.0 Å². The molecule has 3 saturated carbocycles. The lowest BCUT2D eigenvalue weighted by molar-refractivity contribution is -0.141. The van der Waals surface area contributed by atoms with E-state index in [1.807, 2.05) is 31.2 Å². The van der Waals surface area contributed by atoms with Crippen molar-refractivity contribution < 1.29 is 37.1 Å². The lowest BCUT2D eigenvalue weighted by Crippen LogP contribution is -2.58. The molecule has 6 aliphatic rings. The van der Waals surface area contributed by atoms with Gasteiger partial charge >= 0.3 is 6.09 Å². The predicted octanol–water partition coefficient (Wildman–Crippen LogP) is 5.68. The van der Waals surface area contributed by atoms with Crippen LogP contribution in [0.3, 0.4) is 0 Å². The molecule has 8 rings (SSSR count). The standard InChI is InChI=1S/C41H52ClN5O8S/c1-25-34-29(30-21-27(42)15-16-31(30)43-25)17-18-40(55-34)23-33-35(48)45-41(37(50)46-56(52,53)39(2)19-20-39)22-26(41)11-7-4-3-5-10-14-32(36(49)47(33)24-40)44-38(51)54-28-12-8-6-9-13-28/h7,11,15-16,21,26,28,32-33H,3-6,8-10,12-14,17-20,22-24H2,1-2H3,(H,44,51)(H,45,48)(H,46,50)/b11-7-/t26?,32-,33-,40+,41+/m0/s1. The van der Waals surface area contributed by atoms with Gasteiger partial charge in [-0.1, -0.05) is 43.0 Å². The maximum absolute atomic E-state index is 14.8. The predicted molar refractivity (Wildman–Crippen MR) is 209 cm³/mol. The van der Waals surface area contributed by atoms with E-state index in [0.717, 1.165) is 61.4 Å². The number of nitrogens with one attached hydrogen (secondary N) is 3. The van der Waals surface area contributed by atoms with Gasteiger partial charge in [-0.05, 0) is 109 Å². The number of amides is 4. The minimum atomic E-state index is -3.98. The molecule has 1 unspecified atom stereocenters. The third kappa shape index (κ3) is 7.47. The van der Waals surface area contributed by atoms with Crippen molar-refractivity contribution in [2.75, 3.05) is 6.54 Å². The Bertz CT molecular complexity index is 2080. The molecule has 1 aromatic heterocycles. The number of carbonyl (C=O) groups excluding carboxylic acids is 4. The number of benzene rings is 1. The van der Waals surface area contributed by atoms with Crippen molar-refractivity contribution in [1.82, 2.24) is 25.2 Å². The van der Waals surface area contributed by atoms with Gasteiger partial charge in [-0.2, -0.15) is 0 Å². The molecule has 1 saturated heterocycles. The van der Waals surface area contributed by atoms with Crippen LogP contribution in [0, 0.1) is 12.8 Å². The summed E-state index contributed by atoms with van der Waals surface area (Å²) < 4.78 is 40.4. The van der Waals surface area contributed by atoms with E-state index in [2.05, 4.69) is 15.4 Å². The molecular weight excluding hydrogens is 758 g/mol. The molecule has 0 bridgehead atoms. The van der Waals surface area contributed by atoms with Gasteiger partial charge in [0.1, 0.15) is 35.1 Å². The van der Waals surface area contributed by atoms with Gasteiger partial charge in [0.25, 0.3) is 5.91 Å². The minimum absolute atomic E-state index is 0.0570.